The summed E-state index contributed by atoms with van der Waals surface area (Å²) in [6, 6.07) is 8.27. The fraction of sp³-hybridized carbons (Fsp3) is 0.357. The number of esters is 1. The van der Waals surface area contributed by atoms with Crippen molar-refractivity contribution in [3.05, 3.63) is 35.2 Å². The molecular formula is C14H14O2S. The molecule has 1 aromatic carbocycles. The molecule has 0 radical (unpaired) electrons. The third-order valence-electron chi connectivity index (χ3n) is 3.78. The molecule has 0 amide bonds. The molecule has 88 valence electrons. The number of ether oxygens (including phenoxy) is 1. The molecule has 1 saturated carbocycles. The van der Waals surface area contributed by atoms with E-state index in [-0.39, 0.29) is 11.4 Å². The van der Waals surface area contributed by atoms with Crippen LogP contribution < -0.4 is 0 Å². The van der Waals surface area contributed by atoms with Crippen molar-refractivity contribution in [3.63, 3.8) is 0 Å². The van der Waals surface area contributed by atoms with Crippen LogP contribution >= 0.6 is 11.3 Å². The molecule has 1 heterocycles. The summed E-state index contributed by atoms with van der Waals surface area (Å²) in [5, 5.41) is 3.34. The number of fused-ring (bicyclic) bond motifs is 1. The topological polar surface area (TPSA) is 26.3 Å². The maximum Gasteiger partial charge on any atom is 0.316 e. The Kier molecular flexibility index (Phi) is 2.44. The third kappa shape index (κ3) is 1.42. The first kappa shape index (κ1) is 10.8. The van der Waals surface area contributed by atoms with Gasteiger partial charge < -0.3 is 4.74 Å². The second-order valence-electron chi connectivity index (χ2n) is 4.57. The molecule has 1 aliphatic rings. The van der Waals surface area contributed by atoms with Crippen LogP contribution in [-0.2, 0) is 14.9 Å². The molecule has 1 fully saturated rings. The van der Waals surface area contributed by atoms with Crippen LogP contribution in [0.4, 0.5) is 0 Å². The van der Waals surface area contributed by atoms with Crippen molar-refractivity contribution in [1.29, 1.82) is 0 Å². The molecule has 2 aromatic rings. The number of hydrogen-bond acceptors (Lipinski definition) is 3. The molecule has 0 atom stereocenters. The molecular weight excluding hydrogens is 232 g/mol. The molecule has 2 nitrogen and oxygen atoms in total. The van der Waals surface area contributed by atoms with E-state index < -0.39 is 0 Å². The summed E-state index contributed by atoms with van der Waals surface area (Å²) in [6.07, 6.45) is 2.94. The van der Waals surface area contributed by atoms with Gasteiger partial charge in [-0.3, -0.25) is 4.79 Å². The maximum absolute atomic E-state index is 12.0. The Morgan fingerprint density at radius 2 is 2.12 bits per heavy atom. The zero-order valence-electron chi connectivity index (χ0n) is 9.73. The lowest BCUT2D eigenvalue weighted by Crippen LogP contribution is -2.43. The SMILES string of the molecule is COC(=O)C1(c2csc3ccccc23)CCC1. The number of benzene rings is 1. The van der Waals surface area contributed by atoms with Gasteiger partial charge in [0, 0.05) is 4.70 Å². The van der Waals surface area contributed by atoms with E-state index in [4.69, 9.17) is 4.74 Å². The molecule has 3 heteroatoms. The fourth-order valence-corrected chi connectivity index (χ4v) is 3.72. The van der Waals surface area contributed by atoms with Crippen LogP contribution in [0.15, 0.2) is 29.6 Å². The number of rotatable bonds is 2. The van der Waals surface area contributed by atoms with Crippen LogP contribution in [0.3, 0.4) is 0 Å². The number of thiophene rings is 1. The van der Waals surface area contributed by atoms with Gasteiger partial charge >= 0.3 is 5.97 Å². The molecule has 0 saturated heterocycles. The van der Waals surface area contributed by atoms with E-state index >= 15 is 0 Å². The van der Waals surface area contributed by atoms with E-state index in [2.05, 4.69) is 17.5 Å². The van der Waals surface area contributed by atoms with Gasteiger partial charge in [0.2, 0.25) is 0 Å². The van der Waals surface area contributed by atoms with Crippen molar-refractivity contribution in [2.75, 3.05) is 7.11 Å². The largest absolute Gasteiger partial charge is 0.468 e. The van der Waals surface area contributed by atoms with Crippen molar-refractivity contribution in [2.24, 2.45) is 0 Å². The minimum absolute atomic E-state index is 0.0766. The first-order chi connectivity index (χ1) is 8.28. The Morgan fingerprint density at radius 1 is 1.35 bits per heavy atom. The van der Waals surface area contributed by atoms with Gasteiger partial charge in [-0.2, -0.15) is 0 Å². The van der Waals surface area contributed by atoms with Crippen molar-refractivity contribution >= 4 is 27.4 Å². The highest BCUT2D eigenvalue weighted by Crippen LogP contribution is 2.48. The average Bonchev–Trinajstić information content (AvgIpc) is 2.72. The van der Waals surface area contributed by atoms with Gasteiger partial charge in [0.05, 0.1) is 12.5 Å². The summed E-state index contributed by atoms with van der Waals surface area (Å²) < 4.78 is 6.24. The monoisotopic (exact) mass is 246 g/mol. The predicted octanol–water partition coefficient (Wildman–Crippen LogP) is 3.50. The van der Waals surface area contributed by atoms with E-state index in [0.29, 0.717) is 0 Å². The normalized spacial score (nSPS) is 17.7. The molecule has 17 heavy (non-hydrogen) atoms. The average molecular weight is 246 g/mol. The number of carbonyl (C=O) groups is 1. The maximum atomic E-state index is 12.0. The van der Waals surface area contributed by atoms with Crippen LogP contribution in [0.2, 0.25) is 0 Å². The minimum atomic E-state index is -0.367. The van der Waals surface area contributed by atoms with E-state index in [9.17, 15) is 4.79 Å². The number of hydrogen-bond donors (Lipinski definition) is 0. The summed E-state index contributed by atoms with van der Waals surface area (Å²) in [5.74, 6) is -0.0766. The van der Waals surface area contributed by atoms with Crippen molar-refractivity contribution < 1.29 is 9.53 Å². The highest BCUT2D eigenvalue weighted by atomic mass is 32.1. The summed E-state index contributed by atoms with van der Waals surface area (Å²) in [6.45, 7) is 0. The summed E-state index contributed by atoms with van der Waals surface area (Å²) in [5.41, 5.74) is 0.796. The molecule has 0 unspecified atom stereocenters. The lowest BCUT2D eigenvalue weighted by atomic mass is 9.64. The van der Waals surface area contributed by atoms with E-state index in [1.165, 1.54) is 17.2 Å². The predicted molar refractivity (Wildman–Crippen MR) is 69.4 cm³/mol. The molecule has 0 spiro atoms. The van der Waals surface area contributed by atoms with Crippen LogP contribution in [-0.4, -0.2) is 13.1 Å². The molecule has 3 rings (SSSR count). The van der Waals surface area contributed by atoms with Gasteiger partial charge in [0.25, 0.3) is 0 Å². The molecule has 0 N–H and O–H groups in total. The van der Waals surface area contributed by atoms with Crippen LogP contribution in [0.5, 0.6) is 0 Å². The zero-order chi connectivity index (χ0) is 11.9. The second-order valence-corrected chi connectivity index (χ2v) is 5.48. The highest BCUT2D eigenvalue weighted by molar-refractivity contribution is 7.17. The van der Waals surface area contributed by atoms with E-state index in [1.54, 1.807) is 11.3 Å². The Balaban J connectivity index is 2.17. The molecule has 1 aromatic heterocycles. The van der Waals surface area contributed by atoms with Gasteiger partial charge in [-0.25, -0.2) is 0 Å². The highest BCUT2D eigenvalue weighted by Gasteiger charge is 2.47. The first-order valence-corrected chi connectivity index (χ1v) is 6.71. The lowest BCUT2D eigenvalue weighted by molar-refractivity contribution is -0.151. The summed E-state index contributed by atoms with van der Waals surface area (Å²) in [7, 11) is 1.48. The smallest absolute Gasteiger partial charge is 0.316 e. The Hall–Kier alpha value is -1.35. The van der Waals surface area contributed by atoms with E-state index in [0.717, 1.165) is 24.8 Å². The van der Waals surface area contributed by atoms with Crippen LogP contribution in [0.25, 0.3) is 10.1 Å². The minimum Gasteiger partial charge on any atom is -0.468 e. The van der Waals surface area contributed by atoms with E-state index in [1.807, 2.05) is 12.1 Å². The fourth-order valence-electron chi connectivity index (χ4n) is 2.66. The summed E-state index contributed by atoms with van der Waals surface area (Å²) in [4.78, 5) is 12.0. The molecule has 1 aliphatic carbocycles. The third-order valence-corrected chi connectivity index (χ3v) is 4.74. The molecule has 0 bridgehead atoms. The van der Waals surface area contributed by atoms with Gasteiger partial charge in [-0.15, -0.1) is 11.3 Å². The van der Waals surface area contributed by atoms with Gasteiger partial charge in [0.1, 0.15) is 0 Å². The Morgan fingerprint density at radius 3 is 2.76 bits per heavy atom. The van der Waals surface area contributed by atoms with Gasteiger partial charge in [0.15, 0.2) is 0 Å². The Bertz CT molecular complexity index is 566. The first-order valence-electron chi connectivity index (χ1n) is 5.83. The quantitative estimate of drug-likeness (QED) is 0.758. The zero-order valence-corrected chi connectivity index (χ0v) is 10.5. The molecule has 0 aliphatic heterocycles. The number of methoxy groups -OCH3 is 1. The number of carbonyl (C=O) groups excluding carboxylic acids is 1. The van der Waals surface area contributed by atoms with Crippen LogP contribution in [0.1, 0.15) is 24.8 Å². The van der Waals surface area contributed by atoms with Crippen molar-refractivity contribution in [2.45, 2.75) is 24.7 Å². The Labute approximate surface area is 104 Å². The van der Waals surface area contributed by atoms with Gasteiger partial charge in [-0.05, 0) is 35.2 Å². The van der Waals surface area contributed by atoms with Crippen LogP contribution in [0, 0.1) is 0 Å². The second kappa shape index (κ2) is 3.84. The van der Waals surface area contributed by atoms with Gasteiger partial charge in [-0.1, -0.05) is 24.6 Å². The lowest BCUT2D eigenvalue weighted by Gasteiger charge is -2.38. The standard InChI is InChI=1S/C14H14O2S/c1-16-13(15)14(7-4-8-14)11-9-17-12-6-3-2-5-10(11)12/h2-3,5-6,9H,4,7-8H2,1H3. The summed E-state index contributed by atoms with van der Waals surface area (Å²) >= 11 is 1.71. The van der Waals surface area contributed by atoms with Crippen molar-refractivity contribution in [1.82, 2.24) is 0 Å². The van der Waals surface area contributed by atoms with Crippen molar-refractivity contribution in [3.8, 4) is 0 Å².